The van der Waals surface area contributed by atoms with E-state index in [1.807, 2.05) is 55.5 Å². The zero-order chi connectivity index (χ0) is 17.6. The summed E-state index contributed by atoms with van der Waals surface area (Å²) in [6.45, 7) is 1.97. The fraction of sp³-hybridized carbons (Fsp3) is 0.105. The van der Waals surface area contributed by atoms with Crippen molar-refractivity contribution in [2.24, 2.45) is 4.99 Å². The number of carbonyl (C=O) groups excluding carboxylic acids is 1. The lowest BCUT2D eigenvalue weighted by molar-refractivity contribution is -0.112. The molecule has 1 aromatic heterocycles. The van der Waals surface area contributed by atoms with Gasteiger partial charge in [-0.1, -0.05) is 48.5 Å². The first-order chi connectivity index (χ1) is 12.1. The molecule has 0 radical (unpaired) electrons. The lowest BCUT2D eigenvalue weighted by atomic mass is 10.1. The number of hydrogen-bond donors (Lipinski definition) is 1. The number of amides is 1. The normalized spacial score (nSPS) is 14.3. The summed E-state index contributed by atoms with van der Waals surface area (Å²) in [7, 11) is 0. The van der Waals surface area contributed by atoms with Crippen LogP contribution in [0.1, 0.15) is 23.4 Å². The molecule has 2 aromatic carbocycles. The molecule has 25 heavy (non-hydrogen) atoms. The molecule has 1 atom stereocenters. The first kappa shape index (κ1) is 15.9. The second-order valence-corrected chi connectivity index (χ2v) is 7.43. The number of fused-ring (bicyclic) bond motifs is 1. The van der Waals surface area contributed by atoms with E-state index >= 15 is 0 Å². The number of benzene rings is 2. The van der Waals surface area contributed by atoms with E-state index in [2.05, 4.69) is 4.99 Å². The van der Waals surface area contributed by atoms with Gasteiger partial charge in [0.1, 0.15) is 4.88 Å². The van der Waals surface area contributed by atoms with Crippen molar-refractivity contribution in [2.45, 2.75) is 13.0 Å². The average molecular weight is 366 g/mol. The Kier molecular flexibility index (Phi) is 3.86. The van der Waals surface area contributed by atoms with Crippen molar-refractivity contribution < 1.29 is 9.90 Å². The smallest absolute Gasteiger partial charge is 0.279 e. The highest BCUT2D eigenvalue weighted by Gasteiger charge is 2.26. The Labute approximate surface area is 153 Å². The van der Waals surface area contributed by atoms with Crippen LogP contribution in [-0.4, -0.2) is 15.6 Å². The van der Waals surface area contributed by atoms with Crippen LogP contribution in [0.5, 0.6) is 5.88 Å². The molecule has 4 nitrogen and oxygen atoms in total. The molecule has 0 aliphatic carbocycles. The maximum absolute atomic E-state index is 12.4. The van der Waals surface area contributed by atoms with E-state index in [0.717, 1.165) is 10.8 Å². The Hall–Kier alpha value is -2.57. The maximum Gasteiger partial charge on any atom is 0.279 e. The second kappa shape index (κ2) is 6.06. The molecule has 6 heteroatoms. The van der Waals surface area contributed by atoms with Crippen molar-refractivity contribution in [1.29, 1.82) is 0 Å². The minimum absolute atomic E-state index is 0.0154. The second-order valence-electron chi connectivity index (χ2n) is 5.79. The fourth-order valence-corrected chi connectivity index (χ4v) is 4.55. The van der Waals surface area contributed by atoms with Crippen molar-refractivity contribution in [3.05, 3.63) is 79.6 Å². The molecule has 0 saturated heterocycles. The van der Waals surface area contributed by atoms with Gasteiger partial charge in [0.05, 0.1) is 17.0 Å². The standard InChI is InChI=1S/C19H14N2O2S2/c1-11(12-7-3-2-4-8-12)21-18(23)16(25-19(21)24)15-13-9-5-6-10-14(13)20-17(15)22/h2-11,23H,1H3/t11-/m1/s1. The molecule has 0 spiro atoms. The van der Waals surface area contributed by atoms with Crippen LogP contribution in [0.15, 0.2) is 59.6 Å². The summed E-state index contributed by atoms with van der Waals surface area (Å²) >= 11 is 6.71. The number of para-hydroxylation sites is 1. The van der Waals surface area contributed by atoms with E-state index < -0.39 is 0 Å². The number of rotatable bonds is 3. The SMILES string of the molecule is C[C@H](c1ccccc1)n1c(O)c(C2=c3ccccc3=NC2=O)sc1=S. The molecular weight excluding hydrogens is 352 g/mol. The third kappa shape index (κ3) is 2.54. The van der Waals surface area contributed by atoms with Crippen molar-refractivity contribution in [3.63, 3.8) is 0 Å². The zero-order valence-electron chi connectivity index (χ0n) is 13.3. The fourth-order valence-electron chi connectivity index (χ4n) is 3.05. The van der Waals surface area contributed by atoms with E-state index in [1.54, 1.807) is 10.6 Å². The molecular formula is C19H14N2O2S2. The topological polar surface area (TPSA) is 54.6 Å². The van der Waals surface area contributed by atoms with E-state index in [0.29, 0.717) is 19.8 Å². The predicted molar refractivity (Wildman–Crippen MR) is 99.8 cm³/mol. The summed E-state index contributed by atoms with van der Waals surface area (Å²) in [6.07, 6.45) is 0. The Balaban J connectivity index is 1.93. The predicted octanol–water partition coefficient (Wildman–Crippen LogP) is 2.95. The van der Waals surface area contributed by atoms with Crippen LogP contribution in [0.4, 0.5) is 0 Å². The summed E-state index contributed by atoms with van der Waals surface area (Å²) in [6, 6.07) is 17.0. The molecule has 0 bridgehead atoms. The Bertz CT molecular complexity index is 1160. The van der Waals surface area contributed by atoms with E-state index in [-0.39, 0.29) is 17.8 Å². The highest BCUT2D eigenvalue weighted by Crippen LogP contribution is 2.36. The zero-order valence-corrected chi connectivity index (χ0v) is 15.0. The summed E-state index contributed by atoms with van der Waals surface area (Å²) < 4.78 is 2.21. The van der Waals surface area contributed by atoms with Gasteiger partial charge in [-0.3, -0.25) is 9.36 Å². The largest absolute Gasteiger partial charge is 0.493 e. The number of hydrogen-bond acceptors (Lipinski definition) is 4. The van der Waals surface area contributed by atoms with Gasteiger partial charge in [0, 0.05) is 5.22 Å². The Morgan fingerprint density at radius 1 is 1.12 bits per heavy atom. The van der Waals surface area contributed by atoms with Crippen molar-refractivity contribution in [3.8, 4) is 5.88 Å². The van der Waals surface area contributed by atoms with Crippen molar-refractivity contribution >= 4 is 35.0 Å². The van der Waals surface area contributed by atoms with Gasteiger partial charge in [0.25, 0.3) is 5.91 Å². The minimum Gasteiger partial charge on any atom is -0.493 e. The maximum atomic E-state index is 12.4. The molecule has 1 aliphatic heterocycles. The van der Waals surface area contributed by atoms with Crippen LogP contribution < -0.4 is 10.6 Å². The van der Waals surface area contributed by atoms with Crippen LogP contribution in [0, 0.1) is 3.95 Å². The molecule has 4 rings (SSSR count). The molecule has 0 unspecified atom stereocenters. The Morgan fingerprint density at radius 3 is 2.56 bits per heavy atom. The first-order valence-electron chi connectivity index (χ1n) is 7.80. The van der Waals surface area contributed by atoms with Crippen LogP contribution >= 0.6 is 23.6 Å². The van der Waals surface area contributed by atoms with Gasteiger partial charge in [-0.2, -0.15) is 0 Å². The molecule has 1 amide bonds. The third-order valence-corrected chi connectivity index (χ3v) is 5.73. The van der Waals surface area contributed by atoms with Crippen LogP contribution in [-0.2, 0) is 4.79 Å². The van der Waals surface area contributed by atoms with Crippen molar-refractivity contribution in [2.75, 3.05) is 0 Å². The van der Waals surface area contributed by atoms with Gasteiger partial charge in [0.15, 0.2) is 3.95 Å². The quantitative estimate of drug-likeness (QED) is 0.725. The van der Waals surface area contributed by atoms with E-state index in [4.69, 9.17) is 12.2 Å². The summed E-state index contributed by atoms with van der Waals surface area (Å²) in [5, 5.41) is 12.2. The number of aromatic nitrogens is 1. The highest BCUT2D eigenvalue weighted by molar-refractivity contribution is 7.73. The minimum atomic E-state index is -0.340. The van der Waals surface area contributed by atoms with Gasteiger partial charge < -0.3 is 5.11 Å². The van der Waals surface area contributed by atoms with Gasteiger partial charge in [-0.05, 0) is 30.8 Å². The molecule has 0 fully saturated rings. The monoisotopic (exact) mass is 366 g/mol. The lowest BCUT2D eigenvalue weighted by Gasteiger charge is -2.15. The molecule has 0 saturated carbocycles. The summed E-state index contributed by atoms with van der Waals surface area (Å²) in [5.41, 5.74) is 1.45. The van der Waals surface area contributed by atoms with Crippen LogP contribution in [0.25, 0.3) is 5.57 Å². The summed E-state index contributed by atoms with van der Waals surface area (Å²) in [4.78, 5) is 16.9. The summed E-state index contributed by atoms with van der Waals surface area (Å²) in [5.74, 6) is -0.325. The first-order valence-corrected chi connectivity index (χ1v) is 9.02. The van der Waals surface area contributed by atoms with Crippen LogP contribution in [0.3, 0.4) is 0 Å². The number of thiazole rings is 1. The van der Waals surface area contributed by atoms with E-state index in [9.17, 15) is 9.90 Å². The van der Waals surface area contributed by atoms with Gasteiger partial charge in [-0.25, -0.2) is 4.99 Å². The number of carbonyl (C=O) groups is 1. The van der Waals surface area contributed by atoms with Crippen molar-refractivity contribution in [1.82, 2.24) is 4.57 Å². The van der Waals surface area contributed by atoms with Crippen LogP contribution in [0.2, 0.25) is 0 Å². The third-order valence-electron chi connectivity index (χ3n) is 4.32. The van der Waals surface area contributed by atoms with Gasteiger partial charge in [-0.15, -0.1) is 11.3 Å². The van der Waals surface area contributed by atoms with Gasteiger partial charge >= 0.3 is 0 Å². The molecule has 3 aromatic rings. The average Bonchev–Trinajstić information content (AvgIpc) is 3.10. The molecule has 1 N–H and O–H groups in total. The molecule has 1 aliphatic rings. The molecule has 124 valence electrons. The number of nitrogens with zero attached hydrogens (tertiary/aromatic N) is 2. The lowest BCUT2D eigenvalue weighted by Crippen LogP contribution is -2.22. The van der Waals surface area contributed by atoms with E-state index in [1.165, 1.54) is 11.3 Å². The Morgan fingerprint density at radius 2 is 1.80 bits per heavy atom. The van der Waals surface area contributed by atoms with Gasteiger partial charge in [0.2, 0.25) is 5.88 Å². The molecule has 2 heterocycles. The number of aromatic hydroxyl groups is 1. The highest BCUT2D eigenvalue weighted by atomic mass is 32.1.